The Morgan fingerprint density at radius 1 is 0.688 bits per heavy atom. The van der Waals surface area contributed by atoms with Crippen LogP contribution in [0, 0.1) is 0 Å². The van der Waals surface area contributed by atoms with E-state index in [9.17, 15) is 0 Å². The molecule has 0 spiro atoms. The molecule has 0 aromatic carbocycles. The molecule has 0 fully saturated rings. The van der Waals surface area contributed by atoms with Gasteiger partial charge in [0, 0.05) is 13.2 Å². The van der Waals surface area contributed by atoms with Crippen molar-refractivity contribution in [2.24, 2.45) is 0 Å². The highest BCUT2D eigenvalue weighted by molar-refractivity contribution is 4.41. The van der Waals surface area contributed by atoms with Crippen LogP contribution in [0.1, 0.15) is 65.2 Å². The van der Waals surface area contributed by atoms with Crippen LogP contribution < -0.4 is 0 Å². The minimum Gasteiger partial charge on any atom is -0.412 e. The van der Waals surface area contributed by atoms with Crippen molar-refractivity contribution in [2.75, 3.05) is 13.2 Å². The Bertz CT molecular complexity index is 84.7. The standard InChI is InChI=1S/C12H26O.C2H4.H2O/c1-3-5-7-9-11-13-12-10-8-6-4-2;1-2;/h3-12H2,1-2H3;1-2H2;1H2. The molecule has 0 rings (SSSR count). The Kier molecular flexibility index (Phi) is 31.6. The van der Waals surface area contributed by atoms with Crippen molar-refractivity contribution in [1.82, 2.24) is 0 Å². The van der Waals surface area contributed by atoms with E-state index in [2.05, 4.69) is 27.0 Å². The summed E-state index contributed by atoms with van der Waals surface area (Å²) in [7, 11) is 0. The largest absolute Gasteiger partial charge is 0.412 e. The molecule has 0 aromatic rings. The predicted octanol–water partition coefficient (Wildman–Crippen LogP) is 4.14. The van der Waals surface area contributed by atoms with Gasteiger partial charge in [0.25, 0.3) is 0 Å². The summed E-state index contributed by atoms with van der Waals surface area (Å²) in [6.45, 7) is 12.4. The first-order valence-electron chi connectivity index (χ1n) is 6.49. The molecular formula is C14H32O2. The topological polar surface area (TPSA) is 40.7 Å². The Hall–Kier alpha value is -0.340. The van der Waals surface area contributed by atoms with Crippen LogP contribution in [0.25, 0.3) is 0 Å². The third-order valence-corrected chi connectivity index (χ3v) is 2.28. The fraction of sp³-hybridized carbons (Fsp3) is 0.857. The van der Waals surface area contributed by atoms with Gasteiger partial charge >= 0.3 is 0 Å². The SMILES string of the molecule is C=C.CCCCCCOCCCCCC.O. The maximum absolute atomic E-state index is 5.53. The van der Waals surface area contributed by atoms with Gasteiger partial charge in [-0.25, -0.2) is 0 Å². The minimum absolute atomic E-state index is 0. The first-order valence-corrected chi connectivity index (χ1v) is 6.49. The Morgan fingerprint density at radius 3 is 1.38 bits per heavy atom. The van der Waals surface area contributed by atoms with E-state index in [1.165, 1.54) is 51.4 Å². The summed E-state index contributed by atoms with van der Waals surface area (Å²) < 4.78 is 5.53. The summed E-state index contributed by atoms with van der Waals surface area (Å²) in [5, 5.41) is 0. The monoisotopic (exact) mass is 232 g/mol. The average Bonchev–Trinajstić information content (AvgIpc) is 2.30. The Morgan fingerprint density at radius 2 is 1.06 bits per heavy atom. The van der Waals surface area contributed by atoms with Gasteiger partial charge < -0.3 is 10.2 Å². The van der Waals surface area contributed by atoms with Crippen molar-refractivity contribution in [2.45, 2.75) is 65.2 Å². The molecule has 2 heteroatoms. The van der Waals surface area contributed by atoms with Gasteiger partial charge in [-0.3, -0.25) is 0 Å². The molecule has 16 heavy (non-hydrogen) atoms. The minimum atomic E-state index is 0. The summed E-state index contributed by atoms with van der Waals surface area (Å²) in [6.07, 6.45) is 10.5. The van der Waals surface area contributed by atoms with Crippen molar-refractivity contribution in [1.29, 1.82) is 0 Å². The summed E-state index contributed by atoms with van der Waals surface area (Å²) >= 11 is 0. The molecule has 100 valence electrons. The van der Waals surface area contributed by atoms with Crippen LogP contribution in [-0.4, -0.2) is 18.7 Å². The van der Waals surface area contributed by atoms with E-state index in [4.69, 9.17) is 4.74 Å². The maximum Gasteiger partial charge on any atom is 0.0466 e. The zero-order valence-corrected chi connectivity index (χ0v) is 11.4. The van der Waals surface area contributed by atoms with Gasteiger partial charge in [-0.1, -0.05) is 52.4 Å². The first-order chi connectivity index (χ1) is 7.41. The molecule has 0 aliphatic carbocycles. The second-order valence-electron chi connectivity index (χ2n) is 3.73. The molecule has 2 N–H and O–H groups in total. The van der Waals surface area contributed by atoms with Crippen molar-refractivity contribution in [3.63, 3.8) is 0 Å². The predicted molar refractivity (Wildman–Crippen MR) is 74.0 cm³/mol. The number of hydrogen-bond donors (Lipinski definition) is 0. The molecular weight excluding hydrogens is 200 g/mol. The highest BCUT2D eigenvalue weighted by Crippen LogP contribution is 2.01. The molecule has 0 aromatic heterocycles. The van der Waals surface area contributed by atoms with Crippen LogP contribution in [0.5, 0.6) is 0 Å². The van der Waals surface area contributed by atoms with E-state index in [-0.39, 0.29) is 5.48 Å². The molecule has 0 saturated carbocycles. The van der Waals surface area contributed by atoms with E-state index in [1.807, 2.05) is 0 Å². The Balaban J connectivity index is -0.000000529. The molecule has 0 amide bonds. The molecule has 0 bridgehead atoms. The highest BCUT2D eigenvalue weighted by atomic mass is 16.5. The number of unbranched alkanes of at least 4 members (excludes halogenated alkanes) is 6. The first kappa shape index (κ1) is 21.0. The number of ether oxygens (including phenoxy) is 1. The van der Waals surface area contributed by atoms with Crippen molar-refractivity contribution in [3.05, 3.63) is 13.2 Å². The fourth-order valence-corrected chi connectivity index (χ4v) is 1.36. The summed E-state index contributed by atoms with van der Waals surface area (Å²) in [5.74, 6) is 0. The van der Waals surface area contributed by atoms with Gasteiger partial charge in [0.1, 0.15) is 0 Å². The van der Waals surface area contributed by atoms with E-state index < -0.39 is 0 Å². The fourth-order valence-electron chi connectivity index (χ4n) is 1.36. The normalized spacial score (nSPS) is 8.88. The van der Waals surface area contributed by atoms with E-state index in [0.717, 1.165) is 13.2 Å². The van der Waals surface area contributed by atoms with Gasteiger partial charge in [-0.05, 0) is 12.8 Å². The summed E-state index contributed by atoms with van der Waals surface area (Å²) in [5.41, 5.74) is 0. The summed E-state index contributed by atoms with van der Waals surface area (Å²) in [6, 6.07) is 0. The third-order valence-electron chi connectivity index (χ3n) is 2.28. The molecule has 0 atom stereocenters. The van der Waals surface area contributed by atoms with E-state index >= 15 is 0 Å². The molecule has 2 nitrogen and oxygen atoms in total. The van der Waals surface area contributed by atoms with Gasteiger partial charge in [0.05, 0.1) is 0 Å². The van der Waals surface area contributed by atoms with E-state index in [1.54, 1.807) is 0 Å². The molecule has 0 radical (unpaired) electrons. The molecule has 0 unspecified atom stereocenters. The van der Waals surface area contributed by atoms with Crippen LogP contribution in [-0.2, 0) is 4.74 Å². The average molecular weight is 232 g/mol. The van der Waals surface area contributed by atoms with Gasteiger partial charge in [-0.2, -0.15) is 0 Å². The van der Waals surface area contributed by atoms with Gasteiger partial charge in [-0.15, -0.1) is 13.2 Å². The second kappa shape index (κ2) is 24.1. The molecule has 0 aliphatic heterocycles. The van der Waals surface area contributed by atoms with Crippen molar-refractivity contribution >= 4 is 0 Å². The Labute approximate surface area is 102 Å². The highest BCUT2D eigenvalue weighted by Gasteiger charge is 1.90. The smallest absolute Gasteiger partial charge is 0.0466 e. The van der Waals surface area contributed by atoms with Crippen LogP contribution in [0.4, 0.5) is 0 Å². The van der Waals surface area contributed by atoms with Crippen LogP contribution in [0.2, 0.25) is 0 Å². The van der Waals surface area contributed by atoms with Crippen LogP contribution in [0.15, 0.2) is 13.2 Å². The zero-order valence-electron chi connectivity index (χ0n) is 11.4. The third kappa shape index (κ3) is 23.5. The molecule has 0 aliphatic rings. The van der Waals surface area contributed by atoms with Crippen LogP contribution in [0.3, 0.4) is 0 Å². The lowest BCUT2D eigenvalue weighted by atomic mass is 10.2. The summed E-state index contributed by atoms with van der Waals surface area (Å²) in [4.78, 5) is 0. The van der Waals surface area contributed by atoms with Crippen LogP contribution >= 0.6 is 0 Å². The zero-order chi connectivity index (χ0) is 11.8. The molecule has 0 heterocycles. The van der Waals surface area contributed by atoms with E-state index in [0.29, 0.717) is 0 Å². The lowest BCUT2D eigenvalue weighted by molar-refractivity contribution is 0.126. The second-order valence-corrected chi connectivity index (χ2v) is 3.73. The lowest BCUT2D eigenvalue weighted by Crippen LogP contribution is -1.96. The van der Waals surface area contributed by atoms with Crippen molar-refractivity contribution < 1.29 is 10.2 Å². The van der Waals surface area contributed by atoms with Gasteiger partial charge in [0.2, 0.25) is 0 Å². The number of hydrogen-bond acceptors (Lipinski definition) is 1. The maximum atomic E-state index is 5.53. The van der Waals surface area contributed by atoms with Crippen molar-refractivity contribution in [3.8, 4) is 0 Å². The lowest BCUT2D eigenvalue weighted by Gasteiger charge is -2.03. The van der Waals surface area contributed by atoms with Gasteiger partial charge in [0.15, 0.2) is 0 Å². The molecule has 0 saturated heterocycles. The quantitative estimate of drug-likeness (QED) is 0.412. The number of rotatable bonds is 10.